The van der Waals surface area contributed by atoms with Gasteiger partial charge in [0.05, 0.1) is 27.7 Å². The number of rotatable bonds is 76. The van der Waals surface area contributed by atoms with Gasteiger partial charge in [-0.25, -0.2) is 0 Å². The maximum atomic E-state index is 12.9. The van der Waals surface area contributed by atoms with Crippen LogP contribution in [0.15, 0.2) is 0 Å². The summed E-state index contributed by atoms with van der Waals surface area (Å²) < 4.78 is 34.4. The van der Waals surface area contributed by atoms with Crippen molar-refractivity contribution in [2.45, 2.75) is 444 Å². The number of carbonyl (C=O) groups excluding carboxylic acids is 2. The molecule has 0 saturated heterocycles. The highest BCUT2D eigenvalue weighted by molar-refractivity contribution is 7.45. The van der Waals surface area contributed by atoms with Gasteiger partial charge in [0.2, 0.25) is 0 Å². The zero-order valence-electron chi connectivity index (χ0n) is 60.2. The second-order valence-corrected chi connectivity index (χ2v) is 30.2. The lowest BCUT2D eigenvalue weighted by Crippen LogP contribution is -2.37. The standard InChI is InChI=1S/C78H156NO8P/c1-6-8-10-12-14-16-18-20-22-24-26-28-30-32-34-36-38-40-42-44-46-48-50-52-54-56-58-60-62-64-66-68-70-77(80)84-74-76(75-86-88(82,83)85-73-72-79(3,4)5)87-78(81)71-69-67-65-63-61-59-57-55-53-51-49-47-45-43-41-39-37-35-33-31-29-27-25-23-21-19-17-15-13-11-9-7-2/h76H,6-75H2,1-5H3/t76-/m1/s1. The molecule has 0 aliphatic carbocycles. The Hall–Kier alpha value is -0.990. The predicted octanol–water partition coefficient (Wildman–Crippen LogP) is 25.4. The molecule has 88 heavy (non-hydrogen) atoms. The van der Waals surface area contributed by atoms with Crippen LogP contribution in [0.5, 0.6) is 0 Å². The minimum atomic E-state index is -4.64. The highest BCUT2D eigenvalue weighted by Gasteiger charge is 2.22. The van der Waals surface area contributed by atoms with Crippen LogP contribution in [0.1, 0.15) is 438 Å². The van der Waals surface area contributed by atoms with E-state index in [1.807, 2.05) is 21.1 Å². The maximum absolute atomic E-state index is 12.9. The fourth-order valence-corrected chi connectivity index (χ4v) is 13.3. The molecule has 0 aromatic rings. The average molecular weight is 1270 g/mol. The van der Waals surface area contributed by atoms with Crippen molar-refractivity contribution in [3.63, 3.8) is 0 Å². The van der Waals surface area contributed by atoms with Gasteiger partial charge in [-0.2, -0.15) is 0 Å². The van der Waals surface area contributed by atoms with Gasteiger partial charge in [0.15, 0.2) is 6.10 Å². The molecule has 0 aliphatic rings. The summed E-state index contributed by atoms with van der Waals surface area (Å²) in [5.74, 6) is -0.800. The monoisotopic (exact) mass is 1270 g/mol. The van der Waals surface area contributed by atoms with Gasteiger partial charge in [-0.3, -0.25) is 14.2 Å². The quantitative estimate of drug-likeness (QED) is 0.0256. The molecule has 0 aromatic carbocycles. The molecular formula is C78H156NO8P. The Balaban J connectivity index is 3.89. The predicted molar refractivity (Wildman–Crippen MR) is 379 cm³/mol. The van der Waals surface area contributed by atoms with Crippen LogP contribution in [0.4, 0.5) is 0 Å². The molecule has 0 bridgehead atoms. The Morgan fingerprint density at radius 2 is 0.511 bits per heavy atom. The number of ether oxygens (including phenoxy) is 2. The van der Waals surface area contributed by atoms with Crippen LogP contribution >= 0.6 is 7.82 Å². The van der Waals surface area contributed by atoms with E-state index in [-0.39, 0.29) is 32.0 Å². The molecule has 0 N–H and O–H groups in total. The van der Waals surface area contributed by atoms with E-state index >= 15 is 0 Å². The molecule has 1 unspecified atom stereocenters. The average Bonchev–Trinajstić information content (AvgIpc) is 3.69. The summed E-state index contributed by atoms with van der Waals surface area (Å²) >= 11 is 0. The second-order valence-electron chi connectivity index (χ2n) is 28.8. The summed E-state index contributed by atoms with van der Waals surface area (Å²) in [5, 5.41) is 0. The first-order valence-corrected chi connectivity index (χ1v) is 41.2. The van der Waals surface area contributed by atoms with E-state index in [9.17, 15) is 19.0 Å². The number of hydrogen-bond donors (Lipinski definition) is 0. The Labute approximate surface area is 550 Å². The summed E-state index contributed by atoms with van der Waals surface area (Å²) in [5.41, 5.74) is 0. The normalized spacial score (nSPS) is 12.9. The van der Waals surface area contributed by atoms with Crippen molar-refractivity contribution in [3.8, 4) is 0 Å². The molecule has 526 valence electrons. The van der Waals surface area contributed by atoms with Crippen LogP contribution in [-0.2, 0) is 32.7 Å². The molecule has 0 aliphatic heterocycles. The number of carbonyl (C=O) groups is 2. The molecule has 0 fully saturated rings. The SMILES string of the molecule is CCCCCCCCCCCCCCCCCCCCCCCCCCCCCCCCCCC(=O)OC[C@H](COP(=O)([O-])OCC[N+](C)(C)C)OC(=O)CCCCCCCCCCCCCCCCCCCCCCCCCCCCCCCCCC. The van der Waals surface area contributed by atoms with Crippen LogP contribution < -0.4 is 4.89 Å². The molecule has 9 nitrogen and oxygen atoms in total. The van der Waals surface area contributed by atoms with Crippen LogP contribution in [0, 0.1) is 0 Å². The first-order chi connectivity index (χ1) is 43.0. The first kappa shape index (κ1) is 87.0. The van der Waals surface area contributed by atoms with E-state index in [1.54, 1.807) is 0 Å². The Kier molecular flexibility index (Phi) is 69.5. The third-order valence-corrected chi connectivity index (χ3v) is 19.6. The van der Waals surface area contributed by atoms with Crippen LogP contribution in [-0.4, -0.2) is 70.0 Å². The van der Waals surface area contributed by atoms with Gasteiger partial charge in [-0.1, -0.05) is 412 Å². The van der Waals surface area contributed by atoms with Gasteiger partial charge in [0, 0.05) is 12.8 Å². The van der Waals surface area contributed by atoms with Crippen LogP contribution in [0.25, 0.3) is 0 Å². The van der Waals surface area contributed by atoms with Crippen molar-refractivity contribution in [2.75, 3.05) is 47.5 Å². The van der Waals surface area contributed by atoms with E-state index in [2.05, 4.69) is 13.8 Å². The molecule has 0 saturated carbocycles. The summed E-state index contributed by atoms with van der Waals surface area (Å²) in [6.45, 7) is 4.35. The molecule has 0 heterocycles. The lowest BCUT2D eigenvalue weighted by atomic mass is 10.0. The largest absolute Gasteiger partial charge is 0.756 e. The van der Waals surface area contributed by atoms with Crippen molar-refractivity contribution in [2.24, 2.45) is 0 Å². The van der Waals surface area contributed by atoms with E-state index in [0.717, 1.165) is 32.1 Å². The number of esters is 2. The van der Waals surface area contributed by atoms with Gasteiger partial charge in [-0.15, -0.1) is 0 Å². The zero-order chi connectivity index (χ0) is 64.1. The van der Waals surface area contributed by atoms with Crippen molar-refractivity contribution in [1.82, 2.24) is 0 Å². The Morgan fingerprint density at radius 3 is 0.727 bits per heavy atom. The molecule has 0 rings (SSSR count). The summed E-state index contributed by atoms with van der Waals surface area (Å²) in [4.78, 5) is 38.2. The third-order valence-electron chi connectivity index (χ3n) is 18.6. The van der Waals surface area contributed by atoms with Crippen molar-refractivity contribution in [1.29, 1.82) is 0 Å². The highest BCUT2D eigenvalue weighted by atomic mass is 31.2. The highest BCUT2D eigenvalue weighted by Crippen LogP contribution is 2.38. The van der Waals surface area contributed by atoms with Crippen molar-refractivity contribution >= 4 is 19.8 Å². The first-order valence-electron chi connectivity index (χ1n) is 39.7. The van der Waals surface area contributed by atoms with E-state index in [4.69, 9.17) is 18.5 Å². The third kappa shape index (κ3) is 74.1. The fraction of sp³-hybridized carbons (Fsp3) is 0.974. The van der Waals surface area contributed by atoms with Gasteiger partial charge in [0.1, 0.15) is 19.8 Å². The van der Waals surface area contributed by atoms with Gasteiger partial charge in [-0.05, 0) is 12.8 Å². The van der Waals surface area contributed by atoms with Gasteiger partial charge >= 0.3 is 11.9 Å². The number of likely N-dealkylation sites (N-methyl/N-ethyl adjacent to an activating group) is 1. The van der Waals surface area contributed by atoms with Gasteiger partial charge < -0.3 is 27.9 Å². The van der Waals surface area contributed by atoms with E-state index in [0.29, 0.717) is 17.4 Å². The van der Waals surface area contributed by atoms with Gasteiger partial charge in [0.25, 0.3) is 7.82 Å². The molecule has 0 amide bonds. The minimum Gasteiger partial charge on any atom is -0.756 e. The smallest absolute Gasteiger partial charge is 0.306 e. The van der Waals surface area contributed by atoms with Crippen LogP contribution in [0.3, 0.4) is 0 Å². The van der Waals surface area contributed by atoms with E-state index in [1.165, 1.54) is 372 Å². The van der Waals surface area contributed by atoms with Crippen LogP contribution in [0.2, 0.25) is 0 Å². The molecule has 0 spiro atoms. The molecule has 10 heteroatoms. The number of hydrogen-bond acceptors (Lipinski definition) is 8. The Morgan fingerprint density at radius 1 is 0.307 bits per heavy atom. The van der Waals surface area contributed by atoms with E-state index < -0.39 is 26.5 Å². The Bertz CT molecular complexity index is 1440. The fourth-order valence-electron chi connectivity index (χ4n) is 12.5. The molecule has 0 radical (unpaired) electrons. The lowest BCUT2D eigenvalue weighted by molar-refractivity contribution is -0.870. The molecular weight excluding hydrogens is 1110 g/mol. The number of unbranched alkanes of at least 4 members (excludes halogenated alkanes) is 62. The number of phosphoric ester groups is 1. The molecule has 2 atom stereocenters. The van der Waals surface area contributed by atoms with Crippen molar-refractivity contribution in [3.05, 3.63) is 0 Å². The maximum Gasteiger partial charge on any atom is 0.306 e. The van der Waals surface area contributed by atoms with Crippen molar-refractivity contribution < 1.29 is 42.1 Å². The molecule has 0 aromatic heterocycles. The lowest BCUT2D eigenvalue weighted by Gasteiger charge is -2.28. The summed E-state index contributed by atoms with van der Waals surface area (Å²) in [7, 11) is 1.20. The number of nitrogens with zero attached hydrogens (tertiary/aromatic N) is 1. The summed E-state index contributed by atoms with van der Waals surface area (Å²) in [6, 6.07) is 0. The minimum absolute atomic E-state index is 0.0246. The zero-order valence-corrected chi connectivity index (χ0v) is 61.1. The topological polar surface area (TPSA) is 111 Å². The number of quaternary nitrogens is 1. The number of phosphoric acid groups is 1. The summed E-state index contributed by atoms with van der Waals surface area (Å²) in [6.07, 6.45) is 86.6. The second kappa shape index (κ2) is 70.3.